The van der Waals surface area contributed by atoms with Gasteiger partial charge in [-0.1, -0.05) is 5.21 Å². The number of aromatic nitrogens is 5. The summed E-state index contributed by atoms with van der Waals surface area (Å²) in [4.78, 5) is 8.42. The normalized spacial score (nSPS) is 10.3. The predicted octanol–water partition coefficient (Wildman–Crippen LogP) is 1.97. The zero-order chi connectivity index (χ0) is 13.2. The van der Waals surface area contributed by atoms with Crippen LogP contribution in [0.25, 0.3) is 16.4 Å². The molecule has 0 aliphatic rings. The minimum atomic E-state index is 0.265. The predicted molar refractivity (Wildman–Crippen MR) is 69.7 cm³/mol. The van der Waals surface area contributed by atoms with Crippen LogP contribution in [0.5, 0.6) is 0 Å². The molecule has 0 radical (unpaired) electrons. The Morgan fingerprint density at radius 2 is 2.32 bits per heavy atom. The minimum Gasteiger partial charge on any atom is -0.264 e. The SMILES string of the molecule is Cc1csc(-n2nnc(C#N)c2-c2cccnc2)n1. The molecule has 0 aromatic carbocycles. The van der Waals surface area contributed by atoms with Crippen molar-refractivity contribution >= 4 is 11.3 Å². The fourth-order valence-electron chi connectivity index (χ4n) is 1.69. The van der Waals surface area contributed by atoms with Crippen molar-refractivity contribution in [2.45, 2.75) is 6.92 Å². The number of aryl methyl sites for hydroxylation is 1. The monoisotopic (exact) mass is 268 g/mol. The zero-order valence-corrected chi connectivity index (χ0v) is 10.8. The molecule has 0 aliphatic heterocycles. The van der Waals surface area contributed by atoms with Crippen molar-refractivity contribution < 1.29 is 0 Å². The summed E-state index contributed by atoms with van der Waals surface area (Å²) >= 11 is 1.45. The van der Waals surface area contributed by atoms with Crippen LogP contribution in [0.3, 0.4) is 0 Å². The van der Waals surface area contributed by atoms with Crippen LogP contribution in [0.1, 0.15) is 11.4 Å². The molecule has 92 valence electrons. The van der Waals surface area contributed by atoms with Crippen molar-refractivity contribution in [3.05, 3.63) is 41.3 Å². The average molecular weight is 268 g/mol. The molecule has 0 bridgehead atoms. The third kappa shape index (κ3) is 1.98. The highest BCUT2D eigenvalue weighted by Crippen LogP contribution is 2.25. The van der Waals surface area contributed by atoms with Gasteiger partial charge >= 0.3 is 0 Å². The summed E-state index contributed by atoms with van der Waals surface area (Å²) in [6.45, 7) is 1.91. The second-order valence-corrected chi connectivity index (χ2v) is 4.66. The molecule has 3 aromatic heterocycles. The highest BCUT2D eigenvalue weighted by atomic mass is 32.1. The summed E-state index contributed by atoms with van der Waals surface area (Å²) < 4.78 is 1.58. The Hall–Kier alpha value is -2.59. The second-order valence-electron chi connectivity index (χ2n) is 3.82. The maximum atomic E-state index is 9.14. The molecule has 0 spiro atoms. The minimum absolute atomic E-state index is 0.265. The van der Waals surface area contributed by atoms with Gasteiger partial charge in [-0.15, -0.1) is 16.4 Å². The van der Waals surface area contributed by atoms with Crippen molar-refractivity contribution in [2.75, 3.05) is 0 Å². The van der Waals surface area contributed by atoms with Gasteiger partial charge in [0.2, 0.25) is 5.13 Å². The molecule has 0 aliphatic carbocycles. The van der Waals surface area contributed by atoms with Crippen molar-refractivity contribution in [3.63, 3.8) is 0 Å². The van der Waals surface area contributed by atoms with E-state index in [-0.39, 0.29) is 5.69 Å². The summed E-state index contributed by atoms with van der Waals surface area (Å²) in [6, 6.07) is 5.72. The molecule has 3 heterocycles. The van der Waals surface area contributed by atoms with E-state index in [4.69, 9.17) is 5.26 Å². The highest BCUT2D eigenvalue weighted by molar-refractivity contribution is 7.12. The van der Waals surface area contributed by atoms with Gasteiger partial charge in [0, 0.05) is 23.3 Å². The molecule has 0 unspecified atom stereocenters. The van der Waals surface area contributed by atoms with E-state index in [9.17, 15) is 0 Å². The fraction of sp³-hybridized carbons (Fsp3) is 0.0833. The third-order valence-electron chi connectivity index (χ3n) is 2.50. The summed E-state index contributed by atoms with van der Waals surface area (Å²) in [5.74, 6) is 0. The van der Waals surface area contributed by atoms with Crippen LogP contribution < -0.4 is 0 Å². The first kappa shape index (κ1) is 11.5. The van der Waals surface area contributed by atoms with E-state index in [1.54, 1.807) is 23.1 Å². The van der Waals surface area contributed by atoms with E-state index in [0.29, 0.717) is 10.8 Å². The summed E-state index contributed by atoms with van der Waals surface area (Å²) in [7, 11) is 0. The van der Waals surface area contributed by atoms with Crippen LogP contribution in [0.4, 0.5) is 0 Å². The summed E-state index contributed by atoms with van der Waals surface area (Å²) in [5, 5.41) is 19.7. The van der Waals surface area contributed by atoms with Gasteiger partial charge in [-0.25, -0.2) is 4.98 Å². The van der Waals surface area contributed by atoms with E-state index in [2.05, 4.69) is 20.3 Å². The smallest absolute Gasteiger partial charge is 0.212 e. The van der Waals surface area contributed by atoms with Gasteiger partial charge in [-0.05, 0) is 19.1 Å². The molecule has 0 atom stereocenters. The fourth-order valence-corrected chi connectivity index (χ4v) is 2.44. The third-order valence-corrected chi connectivity index (χ3v) is 3.43. The lowest BCUT2D eigenvalue weighted by Gasteiger charge is -2.02. The Balaban J connectivity index is 2.23. The Labute approximate surface area is 113 Å². The van der Waals surface area contributed by atoms with Crippen LogP contribution in [0, 0.1) is 18.3 Å². The number of pyridine rings is 1. The first-order valence-electron chi connectivity index (χ1n) is 5.48. The van der Waals surface area contributed by atoms with Crippen LogP contribution in [0.15, 0.2) is 29.9 Å². The number of nitrogens with zero attached hydrogens (tertiary/aromatic N) is 6. The Morgan fingerprint density at radius 1 is 1.42 bits per heavy atom. The van der Waals surface area contributed by atoms with Crippen molar-refractivity contribution in [2.24, 2.45) is 0 Å². The van der Waals surface area contributed by atoms with Crippen LogP contribution in [-0.2, 0) is 0 Å². The van der Waals surface area contributed by atoms with Crippen molar-refractivity contribution in [1.82, 2.24) is 25.0 Å². The Bertz CT molecular complexity index is 752. The Kier molecular flexibility index (Phi) is 2.78. The summed E-state index contributed by atoms with van der Waals surface area (Å²) in [6.07, 6.45) is 3.35. The topological polar surface area (TPSA) is 80.3 Å². The van der Waals surface area contributed by atoms with Crippen LogP contribution >= 0.6 is 11.3 Å². The molecule has 0 fully saturated rings. The van der Waals surface area contributed by atoms with E-state index in [1.807, 2.05) is 24.4 Å². The molecular weight excluding hydrogens is 260 g/mol. The van der Waals surface area contributed by atoms with Crippen molar-refractivity contribution in [3.8, 4) is 22.5 Å². The first-order valence-corrected chi connectivity index (χ1v) is 6.36. The standard InChI is InChI=1S/C12H8N6S/c1-8-7-19-12(15-8)18-11(10(5-13)16-17-18)9-3-2-4-14-6-9/h2-4,6-7H,1H3. The van der Waals surface area contributed by atoms with E-state index >= 15 is 0 Å². The molecule has 6 nitrogen and oxygen atoms in total. The molecule has 3 rings (SSSR count). The van der Waals surface area contributed by atoms with Crippen LogP contribution in [-0.4, -0.2) is 25.0 Å². The van der Waals surface area contributed by atoms with Crippen LogP contribution in [0.2, 0.25) is 0 Å². The lowest BCUT2D eigenvalue weighted by molar-refractivity contribution is 0.798. The Morgan fingerprint density at radius 3 is 2.95 bits per heavy atom. The highest BCUT2D eigenvalue weighted by Gasteiger charge is 2.17. The zero-order valence-electron chi connectivity index (χ0n) is 9.98. The summed E-state index contributed by atoms with van der Waals surface area (Å²) in [5.41, 5.74) is 2.58. The quantitative estimate of drug-likeness (QED) is 0.709. The molecule has 0 N–H and O–H groups in total. The molecule has 19 heavy (non-hydrogen) atoms. The lowest BCUT2D eigenvalue weighted by Crippen LogP contribution is -1.99. The number of nitriles is 1. The van der Waals surface area contributed by atoms with Gasteiger partial charge in [0.05, 0.1) is 5.69 Å². The van der Waals surface area contributed by atoms with E-state index in [1.165, 1.54) is 11.3 Å². The maximum absolute atomic E-state index is 9.14. The molecule has 0 saturated heterocycles. The maximum Gasteiger partial charge on any atom is 0.212 e. The lowest BCUT2D eigenvalue weighted by atomic mass is 10.2. The number of hydrogen-bond acceptors (Lipinski definition) is 6. The van der Waals surface area contributed by atoms with Gasteiger partial charge < -0.3 is 0 Å². The van der Waals surface area contributed by atoms with Gasteiger partial charge in [-0.2, -0.15) is 9.94 Å². The van der Waals surface area contributed by atoms with E-state index in [0.717, 1.165) is 11.3 Å². The first-order chi connectivity index (χ1) is 9.29. The molecular formula is C12H8N6S. The van der Waals surface area contributed by atoms with Gasteiger partial charge in [0.25, 0.3) is 0 Å². The largest absolute Gasteiger partial charge is 0.264 e. The number of thiazole rings is 1. The van der Waals surface area contributed by atoms with E-state index < -0.39 is 0 Å². The molecule has 3 aromatic rings. The molecule has 0 saturated carbocycles. The van der Waals surface area contributed by atoms with Gasteiger partial charge in [-0.3, -0.25) is 4.98 Å². The average Bonchev–Trinajstić information content (AvgIpc) is 3.05. The van der Waals surface area contributed by atoms with Gasteiger partial charge in [0.1, 0.15) is 11.8 Å². The number of hydrogen-bond donors (Lipinski definition) is 0. The molecule has 0 amide bonds. The van der Waals surface area contributed by atoms with Gasteiger partial charge in [0.15, 0.2) is 5.69 Å². The number of rotatable bonds is 2. The second kappa shape index (κ2) is 4.59. The van der Waals surface area contributed by atoms with Crippen molar-refractivity contribution in [1.29, 1.82) is 5.26 Å². The molecule has 7 heteroatoms.